The Bertz CT molecular complexity index is 241. The van der Waals surface area contributed by atoms with Crippen molar-refractivity contribution in [2.45, 2.75) is 65.8 Å². The first-order chi connectivity index (χ1) is 6.37. The SMILES string of the molecule is CC#[N+]C1(C)CCC(C(C)(C)C)CC1. The molecule has 80 valence electrons. The van der Waals surface area contributed by atoms with E-state index in [0.717, 1.165) is 5.92 Å². The smallest absolute Gasteiger partial charge is 0.0778 e. The lowest BCUT2D eigenvalue weighted by Gasteiger charge is -2.35. The molecule has 0 aliphatic heterocycles. The molecule has 0 spiro atoms. The van der Waals surface area contributed by atoms with Gasteiger partial charge in [0.25, 0.3) is 11.6 Å². The van der Waals surface area contributed by atoms with Crippen LogP contribution < -0.4 is 0 Å². The third-order valence-corrected chi connectivity index (χ3v) is 3.67. The third-order valence-electron chi connectivity index (χ3n) is 3.67. The largest absolute Gasteiger partial charge is 0.278 e. The summed E-state index contributed by atoms with van der Waals surface area (Å²) in [5.41, 5.74) is 0.664. The standard InChI is InChI=1S/C13H24N/c1-6-14-13(5)9-7-11(8-10-13)12(2,3)4/h11H,7-10H2,1-5H3/q+1. The van der Waals surface area contributed by atoms with E-state index in [2.05, 4.69) is 38.6 Å². The number of nitrogens with zero attached hydrogens (tertiary/aromatic N) is 1. The molecule has 14 heavy (non-hydrogen) atoms. The molecule has 0 heterocycles. The molecule has 1 aliphatic carbocycles. The number of rotatable bonds is 0. The van der Waals surface area contributed by atoms with Crippen LogP contribution in [0.3, 0.4) is 0 Å². The van der Waals surface area contributed by atoms with Gasteiger partial charge in [-0.2, -0.15) is 0 Å². The highest BCUT2D eigenvalue weighted by molar-refractivity contribution is 5.04. The van der Waals surface area contributed by atoms with Gasteiger partial charge < -0.3 is 0 Å². The van der Waals surface area contributed by atoms with Crippen LogP contribution in [-0.4, -0.2) is 5.54 Å². The summed E-state index contributed by atoms with van der Waals surface area (Å²) in [6, 6.07) is 2.96. The summed E-state index contributed by atoms with van der Waals surface area (Å²) in [5.74, 6) is 0.877. The molecule has 1 rings (SSSR count). The van der Waals surface area contributed by atoms with Gasteiger partial charge in [-0.3, -0.25) is 0 Å². The van der Waals surface area contributed by atoms with Gasteiger partial charge in [0.1, 0.15) is 0 Å². The highest BCUT2D eigenvalue weighted by Gasteiger charge is 2.42. The van der Waals surface area contributed by atoms with E-state index in [9.17, 15) is 0 Å². The van der Waals surface area contributed by atoms with E-state index in [1.807, 2.05) is 6.92 Å². The van der Waals surface area contributed by atoms with Crippen molar-refractivity contribution >= 4 is 0 Å². The average Bonchev–Trinajstić information content (AvgIpc) is 2.03. The van der Waals surface area contributed by atoms with Crippen LogP contribution in [0.1, 0.15) is 60.3 Å². The Morgan fingerprint density at radius 3 is 2.07 bits per heavy atom. The molecule has 1 fully saturated rings. The van der Waals surface area contributed by atoms with Crippen molar-refractivity contribution in [1.29, 1.82) is 0 Å². The van der Waals surface area contributed by atoms with Gasteiger partial charge in [-0.05, 0) is 24.2 Å². The van der Waals surface area contributed by atoms with Crippen LogP contribution in [0.15, 0.2) is 0 Å². The van der Waals surface area contributed by atoms with Gasteiger partial charge in [-0.15, -0.1) is 0 Å². The van der Waals surface area contributed by atoms with E-state index in [4.69, 9.17) is 0 Å². The molecule has 0 bridgehead atoms. The zero-order chi connectivity index (χ0) is 10.8. The fourth-order valence-electron chi connectivity index (χ4n) is 2.49. The van der Waals surface area contributed by atoms with Crippen LogP contribution in [0.5, 0.6) is 0 Å². The van der Waals surface area contributed by atoms with Crippen LogP contribution in [0.4, 0.5) is 0 Å². The second kappa shape index (κ2) is 3.93. The molecule has 0 saturated heterocycles. The molecule has 1 nitrogen and oxygen atoms in total. The van der Waals surface area contributed by atoms with Crippen molar-refractivity contribution in [3.8, 4) is 6.07 Å². The van der Waals surface area contributed by atoms with Gasteiger partial charge >= 0.3 is 0 Å². The summed E-state index contributed by atoms with van der Waals surface area (Å²) in [5, 5.41) is 0. The second-order valence-corrected chi connectivity index (χ2v) is 5.97. The van der Waals surface area contributed by atoms with E-state index >= 15 is 0 Å². The lowest BCUT2D eigenvalue weighted by atomic mass is 9.68. The zero-order valence-corrected chi connectivity index (χ0v) is 10.4. The van der Waals surface area contributed by atoms with Crippen molar-refractivity contribution in [3.63, 3.8) is 0 Å². The lowest BCUT2D eigenvalue weighted by Crippen LogP contribution is -2.32. The average molecular weight is 194 g/mol. The first-order valence-electron chi connectivity index (χ1n) is 5.76. The molecule has 0 amide bonds. The van der Waals surface area contributed by atoms with Crippen molar-refractivity contribution in [2.75, 3.05) is 0 Å². The van der Waals surface area contributed by atoms with Crippen molar-refractivity contribution in [2.24, 2.45) is 11.3 Å². The fraction of sp³-hybridized carbons (Fsp3) is 0.923. The lowest BCUT2D eigenvalue weighted by molar-refractivity contribution is 0.154. The van der Waals surface area contributed by atoms with Gasteiger partial charge in [0.15, 0.2) is 0 Å². The predicted octanol–water partition coefficient (Wildman–Crippen LogP) is 4.33. The number of hydrogen-bond donors (Lipinski definition) is 0. The molecule has 0 atom stereocenters. The van der Waals surface area contributed by atoms with Gasteiger partial charge in [-0.1, -0.05) is 25.6 Å². The highest BCUT2D eigenvalue weighted by atomic mass is 14.8. The minimum atomic E-state index is 0.191. The minimum absolute atomic E-state index is 0.191. The molecule has 0 radical (unpaired) electrons. The molecule has 0 aromatic heterocycles. The first-order valence-corrected chi connectivity index (χ1v) is 5.76. The van der Waals surface area contributed by atoms with Crippen LogP contribution in [0.25, 0.3) is 4.85 Å². The predicted molar refractivity (Wildman–Crippen MR) is 62.7 cm³/mol. The van der Waals surface area contributed by atoms with Crippen LogP contribution in [0.2, 0.25) is 0 Å². The fourth-order valence-corrected chi connectivity index (χ4v) is 2.49. The molecule has 1 heteroatoms. The zero-order valence-electron chi connectivity index (χ0n) is 10.4. The Labute approximate surface area is 88.7 Å². The molecule has 0 aromatic carbocycles. The molecule has 0 aromatic rings. The maximum Gasteiger partial charge on any atom is 0.278 e. The van der Waals surface area contributed by atoms with Gasteiger partial charge in [0.05, 0.1) is 6.92 Å². The number of hydrogen-bond acceptors (Lipinski definition) is 0. The summed E-state index contributed by atoms with van der Waals surface area (Å²) in [4.78, 5) is 4.48. The Morgan fingerprint density at radius 1 is 1.21 bits per heavy atom. The first kappa shape index (κ1) is 11.6. The Kier molecular flexibility index (Phi) is 3.24. The van der Waals surface area contributed by atoms with Gasteiger partial charge in [-0.25, -0.2) is 0 Å². The van der Waals surface area contributed by atoms with E-state index in [0.29, 0.717) is 5.41 Å². The van der Waals surface area contributed by atoms with Crippen molar-refractivity contribution < 1.29 is 0 Å². The summed E-state index contributed by atoms with van der Waals surface area (Å²) in [7, 11) is 0. The van der Waals surface area contributed by atoms with Crippen molar-refractivity contribution in [3.05, 3.63) is 4.85 Å². The van der Waals surface area contributed by atoms with Crippen LogP contribution in [-0.2, 0) is 0 Å². The minimum Gasteiger partial charge on any atom is -0.0778 e. The topological polar surface area (TPSA) is 4.36 Å². The molecule has 0 unspecified atom stereocenters. The van der Waals surface area contributed by atoms with Crippen LogP contribution >= 0.6 is 0 Å². The highest BCUT2D eigenvalue weighted by Crippen LogP contribution is 2.42. The Morgan fingerprint density at radius 2 is 1.71 bits per heavy atom. The maximum atomic E-state index is 4.48. The maximum absolute atomic E-state index is 4.48. The van der Waals surface area contributed by atoms with Gasteiger partial charge in [0.2, 0.25) is 0 Å². The van der Waals surface area contributed by atoms with E-state index in [1.165, 1.54) is 25.7 Å². The summed E-state index contributed by atoms with van der Waals surface area (Å²) in [6.07, 6.45) is 5.11. The van der Waals surface area contributed by atoms with Crippen LogP contribution in [0, 0.1) is 17.4 Å². The quantitative estimate of drug-likeness (QED) is 0.540. The Hall–Kier alpha value is -0.510. The van der Waals surface area contributed by atoms with E-state index in [-0.39, 0.29) is 5.54 Å². The normalized spacial score (nSPS) is 33.4. The third kappa shape index (κ3) is 2.74. The summed E-state index contributed by atoms with van der Waals surface area (Å²) in [6.45, 7) is 11.2. The van der Waals surface area contributed by atoms with Gasteiger partial charge in [0, 0.05) is 19.8 Å². The second-order valence-electron chi connectivity index (χ2n) is 5.97. The van der Waals surface area contributed by atoms with E-state index in [1.54, 1.807) is 0 Å². The molecule has 1 saturated carbocycles. The molecular formula is C13H24N+. The molecule has 0 N–H and O–H groups in total. The summed E-state index contributed by atoms with van der Waals surface area (Å²) >= 11 is 0. The van der Waals surface area contributed by atoms with Crippen molar-refractivity contribution in [1.82, 2.24) is 0 Å². The monoisotopic (exact) mass is 194 g/mol. The molecular weight excluding hydrogens is 170 g/mol. The van der Waals surface area contributed by atoms with E-state index < -0.39 is 0 Å². The Balaban J connectivity index is 2.57. The summed E-state index contributed by atoms with van der Waals surface area (Å²) < 4.78 is 0. The molecule has 1 aliphatic rings.